The van der Waals surface area contributed by atoms with E-state index in [0.29, 0.717) is 11.8 Å². The summed E-state index contributed by atoms with van der Waals surface area (Å²) in [6.45, 7) is 3.03. The van der Waals surface area contributed by atoms with Crippen molar-refractivity contribution >= 4 is 23.2 Å². The Morgan fingerprint density at radius 2 is 1.75 bits per heavy atom. The minimum atomic E-state index is -0.113. The van der Waals surface area contributed by atoms with E-state index in [2.05, 4.69) is 36.5 Å². The summed E-state index contributed by atoms with van der Waals surface area (Å²) in [5, 5.41) is 3.47. The van der Waals surface area contributed by atoms with Crippen LogP contribution >= 0.6 is 23.2 Å². The zero-order valence-corrected chi connectivity index (χ0v) is 11.2. The van der Waals surface area contributed by atoms with Gasteiger partial charge in [-0.1, -0.05) is 37.3 Å². The van der Waals surface area contributed by atoms with Gasteiger partial charge < -0.3 is 5.32 Å². The average Bonchev–Trinajstić information content (AvgIpc) is 2.37. The fraction of sp³-hybridized carbons (Fsp3) is 0.538. The van der Waals surface area contributed by atoms with Crippen LogP contribution in [0, 0.1) is 0 Å². The van der Waals surface area contributed by atoms with Crippen LogP contribution < -0.4 is 5.32 Å². The molecule has 0 aliphatic carbocycles. The molecule has 0 spiro atoms. The highest BCUT2D eigenvalue weighted by molar-refractivity contribution is 6.22. The molecule has 0 fully saturated rings. The smallest absolute Gasteiger partial charge is 0.0451 e. The zero-order chi connectivity index (χ0) is 11.9. The fourth-order valence-electron chi connectivity index (χ4n) is 1.56. The lowest BCUT2D eigenvalue weighted by Crippen LogP contribution is -2.49. The van der Waals surface area contributed by atoms with Crippen molar-refractivity contribution in [3.8, 4) is 0 Å². The first-order valence-electron chi connectivity index (χ1n) is 5.67. The summed E-state index contributed by atoms with van der Waals surface area (Å²) in [5.74, 6) is 1.11. The van der Waals surface area contributed by atoms with Crippen LogP contribution in [0.4, 0.5) is 0 Å². The standard InChI is InChI=1S/C13H19Cl2N/c1-2-13(10-14,11-15)16-9-8-12-6-4-3-5-7-12/h3-7,16H,2,8-11H2,1H3. The maximum absolute atomic E-state index is 5.96. The minimum Gasteiger partial charge on any atom is -0.309 e. The number of hydrogen-bond acceptors (Lipinski definition) is 1. The monoisotopic (exact) mass is 259 g/mol. The Bertz CT molecular complexity index is 275. The van der Waals surface area contributed by atoms with Gasteiger partial charge in [0.05, 0.1) is 0 Å². The number of halogens is 2. The van der Waals surface area contributed by atoms with E-state index >= 15 is 0 Å². The Labute approximate surface area is 108 Å². The van der Waals surface area contributed by atoms with Gasteiger partial charge in [0.25, 0.3) is 0 Å². The van der Waals surface area contributed by atoms with Crippen LogP contribution in [0.3, 0.4) is 0 Å². The van der Waals surface area contributed by atoms with Crippen molar-refractivity contribution in [3.05, 3.63) is 35.9 Å². The highest BCUT2D eigenvalue weighted by Crippen LogP contribution is 2.14. The Morgan fingerprint density at radius 1 is 1.12 bits per heavy atom. The van der Waals surface area contributed by atoms with E-state index in [1.165, 1.54) is 5.56 Å². The van der Waals surface area contributed by atoms with E-state index in [9.17, 15) is 0 Å². The molecule has 0 aliphatic heterocycles. The highest BCUT2D eigenvalue weighted by atomic mass is 35.5. The van der Waals surface area contributed by atoms with Crippen LogP contribution in [0.2, 0.25) is 0 Å². The predicted molar refractivity (Wildman–Crippen MR) is 72.6 cm³/mol. The molecule has 1 nitrogen and oxygen atoms in total. The van der Waals surface area contributed by atoms with Crippen molar-refractivity contribution in [1.29, 1.82) is 0 Å². The summed E-state index contributed by atoms with van der Waals surface area (Å²) >= 11 is 11.9. The molecule has 0 bridgehead atoms. The van der Waals surface area contributed by atoms with Crippen molar-refractivity contribution in [2.45, 2.75) is 25.3 Å². The van der Waals surface area contributed by atoms with Crippen LogP contribution in [0.5, 0.6) is 0 Å². The molecule has 0 saturated carbocycles. The molecular weight excluding hydrogens is 241 g/mol. The van der Waals surface area contributed by atoms with E-state index in [4.69, 9.17) is 23.2 Å². The summed E-state index contributed by atoms with van der Waals surface area (Å²) in [6.07, 6.45) is 1.96. The number of benzene rings is 1. The van der Waals surface area contributed by atoms with Gasteiger partial charge >= 0.3 is 0 Å². The minimum absolute atomic E-state index is 0.113. The van der Waals surface area contributed by atoms with Gasteiger partial charge in [0.2, 0.25) is 0 Å². The first-order valence-corrected chi connectivity index (χ1v) is 6.74. The van der Waals surface area contributed by atoms with Crippen LogP contribution in [-0.4, -0.2) is 23.8 Å². The molecule has 1 N–H and O–H groups in total. The summed E-state index contributed by atoms with van der Waals surface area (Å²) in [4.78, 5) is 0. The molecular formula is C13H19Cl2N. The Kier molecular flexibility index (Phi) is 6.18. The number of hydrogen-bond donors (Lipinski definition) is 1. The lowest BCUT2D eigenvalue weighted by Gasteiger charge is -2.29. The van der Waals surface area contributed by atoms with Crippen LogP contribution in [0.1, 0.15) is 18.9 Å². The van der Waals surface area contributed by atoms with Crippen LogP contribution in [0.15, 0.2) is 30.3 Å². The van der Waals surface area contributed by atoms with Crippen molar-refractivity contribution in [2.75, 3.05) is 18.3 Å². The molecule has 0 aromatic heterocycles. The zero-order valence-electron chi connectivity index (χ0n) is 9.68. The first kappa shape index (κ1) is 13.8. The van der Waals surface area contributed by atoms with Gasteiger partial charge in [0.1, 0.15) is 0 Å². The molecule has 0 heterocycles. The molecule has 16 heavy (non-hydrogen) atoms. The molecule has 1 aromatic carbocycles. The average molecular weight is 260 g/mol. The quantitative estimate of drug-likeness (QED) is 0.740. The lowest BCUT2D eigenvalue weighted by atomic mass is 10.0. The van der Waals surface area contributed by atoms with Crippen LogP contribution in [0.25, 0.3) is 0 Å². The number of nitrogens with one attached hydrogen (secondary N) is 1. The van der Waals surface area contributed by atoms with Crippen molar-refractivity contribution < 1.29 is 0 Å². The number of rotatable bonds is 7. The first-order chi connectivity index (χ1) is 7.76. The summed E-state index contributed by atoms with van der Waals surface area (Å²) in [7, 11) is 0. The van der Waals surface area contributed by atoms with Gasteiger partial charge in [0.15, 0.2) is 0 Å². The Balaban J connectivity index is 2.39. The van der Waals surface area contributed by atoms with Gasteiger partial charge in [0, 0.05) is 17.3 Å². The van der Waals surface area contributed by atoms with Gasteiger partial charge in [-0.15, -0.1) is 23.2 Å². The Hall–Kier alpha value is -0.240. The normalized spacial score (nSPS) is 11.7. The van der Waals surface area contributed by atoms with Gasteiger partial charge in [-0.3, -0.25) is 0 Å². The highest BCUT2D eigenvalue weighted by Gasteiger charge is 2.24. The molecule has 90 valence electrons. The molecule has 0 amide bonds. The lowest BCUT2D eigenvalue weighted by molar-refractivity contribution is 0.390. The van der Waals surface area contributed by atoms with E-state index in [1.54, 1.807) is 0 Å². The molecule has 3 heteroatoms. The molecule has 0 atom stereocenters. The molecule has 1 aromatic rings. The van der Waals surface area contributed by atoms with Crippen molar-refractivity contribution in [3.63, 3.8) is 0 Å². The number of alkyl halides is 2. The molecule has 0 aliphatic rings. The van der Waals surface area contributed by atoms with Gasteiger partial charge in [-0.2, -0.15) is 0 Å². The van der Waals surface area contributed by atoms with Crippen molar-refractivity contribution in [1.82, 2.24) is 5.32 Å². The van der Waals surface area contributed by atoms with Crippen molar-refractivity contribution in [2.24, 2.45) is 0 Å². The summed E-state index contributed by atoms with van der Waals surface area (Å²) in [6, 6.07) is 10.4. The summed E-state index contributed by atoms with van der Waals surface area (Å²) < 4.78 is 0. The third-order valence-electron chi connectivity index (χ3n) is 2.94. The molecule has 0 radical (unpaired) electrons. The van der Waals surface area contributed by atoms with E-state index < -0.39 is 0 Å². The predicted octanol–water partition coefficient (Wildman–Crippen LogP) is 3.45. The second-order valence-corrected chi connectivity index (χ2v) is 4.60. The molecule has 0 saturated heterocycles. The maximum Gasteiger partial charge on any atom is 0.0451 e. The SMILES string of the molecule is CCC(CCl)(CCl)NCCc1ccccc1. The van der Waals surface area contributed by atoms with E-state index in [-0.39, 0.29) is 5.54 Å². The fourth-order valence-corrected chi connectivity index (χ4v) is 2.41. The van der Waals surface area contributed by atoms with Gasteiger partial charge in [-0.25, -0.2) is 0 Å². The molecule has 1 rings (SSSR count). The van der Waals surface area contributed by atoms with Gasteiger partial charge in [-0.05, 0) is 24.9 Å². The third kappa shape index (κ3) is 3.97. The third-order valence-corrected chi connectivity index (χ3v) is 3.97. The topological polar surface area (TPSA) is 12.0 Å². The largest absolute Gasteiger partial charge is 0.309 e. The van der Waals surface area contributed by atoms with E-state index in [0.717, 1.165) is 19.4 Å². The second kappa shape index (κ2) is 7.16. The maximum atomic E-state index is 5.96. The van der Waals surface area contributed by atoms with Crippen LogP contribution in [-0.2, 0) is 6.42 Å². The summed E-state index contributed by atoms with van der Waals surface area (Å²) in [5.41, 5.74) is 1.22. The second-order valence-electron chi connectivity index (χ2n) is 4.06. The van der Waals surface area contributed by atoms with E-state index in [1.807, 2.05) is 6.07 Å². The Morgan fingerprint density at radius 3 is 2.25 bits per heavy atom. The molecule has 0 unspecified atom stereocenters.